The molecule has 2 heterocycles. The van der Waals surface area contributed by atoms with Crippen molar-refractivity contribution < 1.29 is 4.74 Å². The first-order valence-electron chi connectivity index (χ1n) is 8.98. The molecule has 0 amide bonds. The van der Waals surface area contributed by atoms with Crippen LogP contribution in [0.15, 0.2) is 71.0 Å². The van der Waals surface area contributed by atoms with E-state index in [0.29, 0.717) is 18.2 Å². The number of aromatic nitrogens is 1. The SMILES string of the molecule is C=C/C=C(\N=CN1CCNCC1)c1ccc(=O)[nH]c1OCc1ccccc1. The third-order valence-corrected chi connectivity index (χ3v) is 4.17. The van der Waals surface area contributed by atoms with Crippen LogP contribution in [0.4, 0.5) is 0 Å². The number of nitrogens with zero attached hydrogens (tertiary/aromatic N) is 2. The molecule has 1 fully saturated rings. The highest BCUT2D eigenvalue weighted by atomic mass is 16.5. The number of pyridine rings is 1. The van der Waals surface area contributed by atoms with Gasteiger partial charge in [-0.05, 0) is 17.7 Å². The maximum atomic E-state index is 11.8. The molecule has 0 unspecified atom stereocenters. The lowest BCUT2D eigenvalue weighted by Crippen LogP contribution is -2.42. The number of H-pyrrole nitrogens is 1. The van der Waals surface area contributed by atoms with Crippen molar-refractivity contribution in [3.05, 3.63) is 82.7 Å². The van der Waals surface area contributed by atoms with E-state index >= 15 is 0 Å². The Bertz CT molecular complexity index is 865. The monoisotopic (exact) mass is 364 g/mol. The molecule has 1 aromatic heterocycles. The summed E-state index contributed by atoms with van der Waals surface area (Å²) in [5, 5.41) is 3.31. The van der Waals surface area contributed by atoms with Crippen LogP contribution in [-0.2, 0) is 6.61 Å². The van der Waals surface area contributed by atoms with Gasteiger partial charge >= 0.3 is 0 Å². The minimum atomic E-state index is -0.217. The molecule has 140 valence electrons. The average molecular weight is 364 g/mol. The van der Waals surface area contributed by atoms with E-state index in [1.54, 1.807) is 12.1 Å². The first-order valence-corrected chi connectivity index (χ1v) is 8.98. The van der Waals surface area contributed by atoms with Crippen molar-refractivity contribution in [3.8, 4) is 5.88 Å². The van der Waals surface area contributed by atoms with Gasteiger partial charge in [0, 0.05) is 32.2 Å². The molecule has 2 N–H and O–H groups in total. The Morgan fingerprint density at radius 3 is 2.70 bits per heavy atom. The van der Waals surface area contributed by atoms with Gasteiger partial charge in [0.25, 0.3) is 5.56 Å². The van der Waals surface area contributed by atoms with Crippen molar-refractivity contribution >= 4 is 12.0 Å². The second-order valence-electron chi connectivity index (χ2n) is 6.16. The molecule has 1 aliphatic rings. The number of hydrogen-bond acceptors (Lipinski definition) is 4. The van der Waals surface area contributed by atoms with E-state index in [-0.39, 0.29) is 5.56 Å². The molecule has 1 saturated heterocycles. The zero-order valence-corrected chi connectivity index (χ0v) is 15.2. The standard InChI is InChI=1S/C21H24N4O2/c1-2-6-19(23-16-25-13-11-22-12-14-25)18-9-10-20(26)24-21(18)27-15-17-7-4-3-5-8-17/h2-10,16,22H,1,11-15H2,(H,24,26)/b19-6-,23-16?. The summed E-state index contributed by atoms with van der Waals surface area (Å²) < 4.78 is 5.89. The van der Waals surface area contributed by atoms with Gasteiger partial charge in [0.1, 0.15) is 6.61 Å². The lowest BCUT2D eigenvalue weighted by Gasteiger charge is -2.25. The fourth-order valence-corrected chi connectivity index (χ4v) is 2.76. The molecule has 6 nitrogen and oxygen atoms in total. The molecule has 27 heavy (non-hydrogen) atoms. The zero-order chi connectivity index (χ0) is 18.9. The van der Waals surface area contributed by atoms with Crippen LogP contribution in [0.5, 0.6) is 5.88 Å². The molecule has 0 atom stereocenters. The average Bonchev–Trinajstić information content (AvgIpc) is 2.71. The summed E-state index contributed by atoms with van der Waals surface area (Å²) in [6.07, 6.45) is 5.32. The number of benzene rings is 1. The Hall–Kier alpha value is -3.12. The van der Waals surface area contributed by atoms with Gasteiger partial charge < -0.3 is 15.0 Å². The molecule has 3 rings (SSSR count). The summed E-state index contributed by atoms with van der Waals surface area (Å²) in [5.74, 6) is 0.400. The number of piperazine rings is 1. The molecular weight excluding hydrogens is 340 g/mol. The lowest BCUT2D eigenvalue weighted by molar-refractivity contribution is 0.292. The molecule has 0 aliphatic carbocycles. The summed E-state index contributed by atoms with van der Waals surface area (Å²) in [7, 11) is 0. The van der Waals surface area contributed by atoms with Crippen molar-refractivity contribution in [2.24, 2.45) is 4.99 Å². The van der Waals surface area contributed by atoms with E-state index in [4.69, 9.17) is 4.74 Å². The van der Waals surface area contributed by atoms with Crippen molar-refractivity contribution in [3.63, 3.8) is 0 Å². The second kappa shape index (κ2) is 9.54. The topological polar surface area (TPSA) is 69.7 Å². The summed E-state index contributed by atoms with van der Waals surface area (Å²) in [4.78, 5) is 21.4. The van der Waals surface area contributed by atoms with E-state index < -0.39 is 0 Å². The van der Waals surface area contributed by atoms with Crippen LogP contribution >= 0.6 is 0 Å². The number of rotatable bonds is 7. The van der Waals surface area contributed by atoms with Gasteiger partial charge in [-0.25, -0.2) is 4.99 Å². The highest BCUT2D eigenvalue weighted by Gasteiger charge is 2.11. The quantitative estimate of drug-likeness (QED) is 0.450. The number of aromatic amines is 1. The normalized spacial score (nSPS) is 15.1. The largest absolute Gasteiger partial charge is 0.474 e. The van der Waals surface area contributed by atoms with Crippen LogP contribution in [0.1, 0.15) is 11.1 Å². The molecule has 0 spiro atoms. The van der Waals surface area contributed by atoms with Crippen LogP contribution in [-0.4, -0.2) is 42.4 Å². The second-order valence-corrected chi connectivity index (χ2v) is 6.16. The zero-order valence-electron chi connectivity index (χ0n) is 15.2. The summed E-state index contributed by atoms with van der Waals surface area (Å²) in [5.41, 5.74) is 2.21. The third kappa shape index (κ3) is 5.43. The summed E-state index contributed by atoms with van der Waals surface area (Å²) >= 11 is 0. The van der Waals surface area contributed by atoms with Crippen molar-refractivity contribution in [1.82, 2.24) is 15.2 Å². The van der Waals surface area contributed by atoms with Gasteiger partial charge in [-0.3, -0.25) is 9.78 Å². The Kier molecular flexibility index (Phi) is 6.60. The molecule has 1 aromatic carbocycles. The van der Waals surface area contributed by atoms with E-state index in [0.717, 1.165) is 37.3 Å². The number of ether oxygens (including phenoxy) is 1. The van der Waals surface area contributed by atoms with Crippen LogP contribution < -0.4 is 15.6 Å². The maximum absolute atomic E-state index is 11.8. The van der Waals surface area contributed by atoms with Gasteiger partial charge in [0.15, 0.2) is 0 Å². The lowest BCUT2D eigenvalue weighted by atomic mass is 10.2. The van der Waals surface area contributed by atoms with Gasteiger partial charge in [-0.15, -0.1) is 0 Å². The van der Waals surface area contributed by atoms with Crippen LogP contribution in [0.25, 0.3) is 5.70 Å². The third-order valence-electron chi connectivity index (χ3n) is 4.17. The molecule has 0 bridgehead atoms. The van der Waals surface area contributed by atoms with Crippen LogP contribution in [0, 0.1) is 0 Å². The minimum Gasteiger partial charge on any atom is -0.474 e. The predicted molar refractivity (Wildman–Crippen MR) is 109 cm³/mol. The van der Waals surface area contributed by atoms with E-state index in [2.05, 4.69) is 26.8 Å². The fourth-order valence-electron chi connectivity index (χ4n) is 2.76. The van der Waals surface area contributed by atoms with Crippen molar-refractivity contribution in [2.75, 3.05) is 26.2 Å². The molecule has 1 aliphatic heterocycles. The Labute approximate surface area is 158 Å². The highest BCUT2D eigenvalue weighted by Crippen LogP contribution is 2.24. The van der Waals surface area contributed by atoms with Crippen LogP contribution in [0.3, 0.4) is 0 Å². The smallest absolute Gasteiger partial charge is 0.250 e. The highest BCUT2D eigenvalue weighted by molar-refractivity contribution is 5.76. The Morgan fingerprint density at radius 2 is 1.96 bits per heavy atom. The first-order chi connectivity index (χ1) is 13.3. The number of nitrogens with one attached hydrogen (secondary N) is 2. The van der Waals surface area contributed by atoms with Gasteiger partial charge in [-0.1, -0.05) is 43.0 Å². The fraction of sp³-hybridized carbons (Fsp3) is 0.238. The minimum absolute atomic E-state index is 0.217. The van der Waals surface area contributed by atoms with Crippen molar-refractivity contribution in [2.45, 2.75) is 6.61 Å². The maximum Gasteiger partial charge on any atom is 0.250 e. The molecule has 6 heteroatoms. The number of allylic oxidation sites excluding steroid dienone is 2. The predicted octanol–water partition coefficient (Wildman–Crippen LogP) is 2.41. The van der Waals surface area contributed by atoms with Gasteiger partial charge in [0.2, 0.25) is 5.88 Å². The van der Waals surface area contributed by atoms with Gasteiger partial charge in [0.05, 0.1) is 17.6 Å². The van der Waals surface area contributed by atoms with E-state index in [9.17, 15) is 4.79 Å². The molecular formula is C21H24N4O2. The molecule has 0 radical (unpaired) electrons. The first kappa shape index (κ1) is 18.7. The summed E-state index contributed by atoms with van der Waals surface area (Å²) in [6, 6.07) is 13.0. The number of aliphatic imine (C=N–C) groups is 1. The van der Waals surface area contributed by atoms with Crippen molar-refractivity contribution in [1.29, 1.82) is 0 Å². The summed E-state index contributed by atoms with van der Waals surface area (Å²) in [6.45, 7) is 7.84. The molecule has 2 aromatic rings. The Morgan fingerprint density at radius 1 is 1.19 bits per heavy atom. The van der Waals surface area contributed by atoms with E-state index in [1.165, 1.54) is 6.07 Å². The van der Waals surface area contributed by atoms with Crippen LogP contribution in [0.2, 0.25) is 0 Å². The number of hydrogen-bond donors (Lipinski definition) is 2. The molecule has 0 saturated carbocycles. The van der Waals surface area contributed by atoms with E-state index in [1.807, 2.05) is 42.7 Å². The van der Waals surface area contributed by atoms with Gasteiger partial charge in [-0.2, -0.15) is 0 Å². The Balaban J connectivity index is 1.83.